The molecular weight excluding hydrogens is 520 g/mol. The number of nitrogens with one attached hydrogen (secondary N) is 3. The summed E-state index contributed by atoms with van der Waals surface area (Å²) in [6.07, 6.45) is 4.99. The number of pyridine rings is 1. The number of hydrogen-bond donors (Lipinski definition) is 3. The van der Waals surface area contributed by atoms with Gasteiger partial charge in [0.05, 0.1) is 12.1 Å². The number of urea groups is 1. The van der Waals surface area contributed by atoms with Gasteiger partial charge in [0.1, 0.15) is 0 Å². The SMILES string of the molecule is CCc1c[nH]c2cc(C(=O)N[C@@H]3CN(C(=O)N(C)C)CC[C@@H]3NC(=O)c3ccc(-n4ccccc4=O)cc3)ccc12. The first kappa shape index (κ1) is 27.7. The summed E-state index contributed by atoms with van der Waals surface area (Å²) in [6.45, 7) is 2.78. The summed E-state index contributed by atoms with van der Waals surface area (Å²) in [5.41, 5.74) is 3.48. The third-order valence-corrected chi connectivity index (χ3v) is 7.54. The van der Waals surface area contributed by atoms with Crippen molar-refractivity contribution < 1.29 is 14.4 Å². The fourth-order valence-corrected chi connectivity index (χ4v) is 5.27. The number of nitrogens with zero attached hydrogens (tertiary/aromatic N) is 3. The average Bonchev–Trinajstić information content (AvgIpc) is 3.40. The number of carbonyl (C=O) groups excluding carboxylic acids is 3. The Labute approximate surface area is 238 Å². The van der Waals surface area contributed by atoms with E-state index >= 15 is 0 Å². The van der Waals surface area contributed by atoms with E-state index < -0.39 is 12.1 Å². The Balaban J connectivity index is 1.33. The topological polar surface area (TPSA) is 120 Å². The zero-order chi connectivity index (χ0) is 29.1. The first-order chi connectivity index (χ1) is 19.7. The fourth-order valence-electron chi connectivity index (χ4n) is 5.27. The molecule has 4 aromatic rings. The summed E-state index contributed by atoms with van der Waals surface area (Å²) in [5, 5.41) is 7.21. The second-order valence-electron chi connectivity index (χ2n) is 10.5. The zero-order valence-electron chi connectivity index (χ0n) is 23.4. The summed E-state index contributed by atoms with van der Waals surface area (Å²) in [7, 11) is 3.38. The molecule has 5 rings (SSSR count). The van der Waals surface area contributed by atoms with Crippen LogP contribution < -0.4 is 16.2 Å². The van der Waals surface area contributed by atoms with Crippen molar-refractivity contribution in [3.63, 3.8) is 0 Å². The molecule has 4 amide bonds. The van der Waals surface area contributed by atoms with Crippen molar-refractivity contribution in [1.29, 1.82) is 0 Å². The van der Waals surface area contributed by atoms with Crippen molar-refractivity contribution in [3.05, 3.63) is 100 Å². The number of hydrogen-bond acceptors (Lipinski definition) is 4. The van der Waals surface area contributed by atoms with Gasteiger partial charge in [-0.05, 0) is 60.9 Å². The van der Waals surface area contributed by atoms with Crippen LogP contribution in [0, 0.1) is 0 Å². The van der Waals surface area contributed by atoms with E-state index in [1.54, 1.807) is 67.7 Å². The molecule has 1 aliphatic rings. The van der Waals surface area contributed by atoms with Gasteiger partial charge in [-0.3, -0.25) is 19.0 Å². The third-order valence-electron chi connectivity index (χ3n) is 7.54. The van der Waals surface area contributed by atoms with Crippen molar-refractivity contribution in [2.45, 2.75) is 31.8 Å². The third kappa shape index (κ3) is 5.86. The Bertz CT molecular complexity index is 1640. The van der Waals surface area contributed by atoms with E-state index in [1.165, 1.54) is 21.1 Å². The lowest BCUT2D eigenvalue weighted by Gasteiger charge is -2.40. The number of aromatic nitrogens is 2. The van der Waals surface area contributed by atoms with Crippen LogP contribution in [0.25, 0.3) is 16.6 Å². The van der Waals surface area contributed by atoms with Crippen molar-refractivity contribution in [2.24, 2.45) is 0 Å². The normalized spacial score (nSPS) is 16.8. The maximum absolute atomic E-state index is 13.4. The summed E-state index contributed by atoms with van der Waals surface area (Å²) >= 11 is 0. The molecule has 2 atom stereocenters. The van der Waals surface area contributed by atoms with Crippen LogP contribution in [0.15, 0.2) is 77.9 Å². The van der Waals surface area contributed by atoms with Gasteiger partial charge in [-0.15, -0.1) is 0 Å². The average molecular weight is 555 g/mol. The molecule has 1 fully saturated rings. The molecule has 3 N–H and O–H groups in total. The molecular formula is C31H34N6O4. The second kappa shape index (κ2) is 11.7. The molecule has 41 heavy (non-hydrogen) atoms. The number of fused-ring (bicyclic) bond motifs is 1. The molecule has 1 saturated heterocycles. The van der Waals surface area contributed by atoms with Crippen molar-refractivity contribution in [2.75, 3.05) is 27.2 Å². The van der Waals surface area contributed by atoms with Crippen molar-refractivity contribution in [3.8, 4) is 5.69 Å². The Hall–Kier alpha value is -4.86. The molecule has 2 aromatic carbocycles. The van der Waals surface area contributed by atoms with Crippen LogP contribution in [0.3, 0.4) is 0 Å². The molecule has 0 saturated carbocycles. The molecule has 0 spiro atoms. The van der Waals surface area contributed by atoms with Gasteiger partial charge >= 0.3 is 6.03 Å². The van der Waals surface area contributed by atoms with Crippen LogP contribution in [0.2, 0.25) is 0 Å². The predicted octanol–water partition coefficient (Wildman–Crippen LogP) is 3.17. The first-order valence-electron chi connectivity index (χ1n) is 13.7. The molecule has 0 unspecified atom stereocenters. The zero-order valence-corrected chi connectivity index (χ0v) is 23.4. The van der Waals surface area contributed by atoms with Crippen LogP contribution >= 0.6 is 0 Å². The molecule has 3 heterocycles. The lowest BCUT2D eigenvalue weighted by atomic mass is 9.98. The van der Waals surface area contributed by atoms with Crippen LogP contribution in [0.1, 0.15) is 39.6 Å². The van der Waals surface area contributed by atoms with Gasteiger partial charge in [-0.25, -0.2) is 4.79 Å². The monoisotopic (exact) mass is 554 g/mol. The van der Waals surface area contributed by atoms with E-state index in [2.05, 4.69) is 22.5 Å². The maximum atomic E-state index is 13.4. The lowest BCUT2D eigenvalue weighted by molar-refractivity contribution is 0.0816. The van der Waals surface area contributed by atoms with Gasteiger partial charge in [-0.1, -0.05) is 19.1 Å². The molecule has 10 nitrogen and oxygen atoms in total. The number of H-pyrrole nitrogens is 1. The van der Waals surface area contributed by atoms with E-state index in [1.807, 2.05) is 18.3 Å². The van der Waals surface area contributed by atoms with E-state index in [9.17, 15) is 19.2 Å². The van der Waals surface area contributed by atoms with Crippen molar-refractivity contribution in [1.82, 2.24) is 30.0 Å². The standard InChI is InChI=1S/C31H34N6O4/c1-4-20-18-32-26-17-22(10-13-24(20)26)30(40)34-27-19-36(31(41)35(2)3)16-14-25(27)33-29(39)21-8-11-23(12-9-21)37-15-6-5-7-28(37)38/h5-13,15,17-18,25,27,32H,4,14,16,19H2,1-3H3,(H,33,39)(H,34,40)/t25-,27+/m0/s1. The Morgan fingerprint density at radius 1 is 0.951 bits per heavy atom. The Kier molecular flexibility index (Phi) is 7.91. The highest BCUT2D eigenvalue weighted by Gasteiger charge is 2.34. The van der Waals surface area contributed by atoms with Crippen LogP contribution in [0.5, 0.6) is 0 Å². The molecule has 0 bridgehead atoms. The smallest absolute Gasteiger partial charge is 0.319 e. The van der Waals surface area contributed by atoms with E-state index in [0.29, 0.717) is 29.8 Å². The molecule has 2 aromatic heterocycles. The molecule has 1 aliphatic heterocycles. The minimum atomic E-state index is -0.503. The summed E-state index contributed by atoms with van der Waals surface area (Å²) in [4.78, 5) is 57.9. The molecule has 212 valence electrons. The quantitative estimate of drug-likeness (QED) is 0.339. The van der Waals surface area contributed by atoms with E-state index in [-0.39, 0.29) is 29.9 Å². The maximum Gasteiger partial charge on any atom is 0.319 e. The minimum absolute atomic E-state index is 0.152. The summed E-state index contributed by atoms with van der Waals surface area (Å²) in [6, 6.07) is 16.2. The Morgan fingerprint density at radius 2 is 1.66 bits per heavy atom. The fraction of sp³-hybridized carbons (Fsp3) is 0.290. The number of carbonyl (C=O) groups is 3. The minimum Gasteiger partial charge on any atom is -0.361 e. The van der Waals surface area contributed by atoms with Gasteiger partial charge in [0.25, 0.3) is 17.4 Å². The molecule has 10 heteroatoms. The lowest BCUT2D eigenvalue weighted by Crippen LogP contribution is -2.62. The second-order valence-corrected chi connectivity index (χ2v) is 10.5. The van der Waals surface area contributed by atoms with Gasteiger partial charge in [0.2, 0.25) is 0 Å². The van der Waals surface area contributed by atoms with Crippen LogP contribution in [0.4, 0.5) is 4.79 Å². The molecule has 0 aliphatic carbocycles. The number of piperidine rings is 1. The number of aromatic amines is 1. The van der Waals surface area contributed by atoms with Gasteiger partial charge in [0, 0.05) is 73.4 Å². The van der Waals surface area contributed by atoms with Gasteiger partial charge in [-0.2, -0.15) is 0 Å². The van der Waals surface area contributed by atoms with Crippen LogP contribution in [-0.2, 0) is 6.42 Å². The van der Waals surface area contributed by atoms with Crippen LogP contribution in [-0.4, -0.2) is 76.5 Å². The molecule has 0 radical (unpaired) electrons. The first-order valence-corrected chi connectivity index (χ1v) is 13.7. The van der Waals surface area contributed by atoms with E-state index in [4.69, 9.17) is 0 Å². The Morgan fingerprint density at radius 3 is 2.37 bits per heavy atom. The van der Waals surface area contributed by atoms with Gasteiger partial charge in [0.15, 0.2) is 0 Å². The largest absolute Gasteiger partial charge is 0.361 e. The number of aryl methyl sites for hydroxylation is 1. The highest BCUT2D eigenvalue weighted by molar-refractivity contribution is 5.99. The number of rotatable bonds is 6. The summed E-state index contributed by atoms with van der Waals surface area (Å²) in [5.74, 6) is -0.575. The number of amides is 4. The van der Waals surface area contributed by atoms with Gasteiger partial charge < -0.3 is 25.4 Å². The van der Waals surface area contributed by atoms with E-state index in [0.717, 1.165) is 17.3 Å². The highest BCUT2D eigenvalue weighted by atomic mass is 16.2. The van der Waals surface area contributed by atoms with Crippen molar-refractivity contribution >= 4 is 28.7 Å². The predicted molar refractivity (Wildman–Crippen MR) is 157 cm³/mol. The number of benzene rings is 2. The summed E-state index contributed by atoms with van der Waals surface area (Å²) < 4.78 is 1.50. The highest BCUT2D eigenvalue weighted by Crippen LogP contribution is 2.21. The number of likely N-dealkylation sites (tertiary alicyclic amines) is 1.